The van der Waals surface area contributed by atoms with E-state index in [9.17, 15) is 8.42 Å². The number of aliphatic hydroxyl groups excluding tert-OH is 1. The molecule has 0 aliphatic carbocycles. The van der Waals surface area contributed by atoms with E-state index in [1.165, 1.54) is 12.1 Å². The summed E-state index contributed by atoms with van der Waals surface area (Å²) in [6, 6.07) is 6.32. The Morgan fingerprint density at radius 3 is 2.71 bits per heavy atom. The third kappa shape index (κ3) is 4.55. The molecule has 1 atom stereocenters. The number of hydrogen-bond acceptors (Lipinski definition) is 4. The van der Waals surface area contributed by atoms with Crippen molar-refractivity contribution in [2.45, 2.75) is 23.8 Å². The number of aliphatic hydroxyl groups is 1. The molecule has 1 aliphatic rings. The number of nitrogens with one attached hydrogen (secondary N) is 1. The summed E-state index contributed by atoms with van der Waals surface area (Å²) in [5.41, 5.74) is 0.681. The van der Waals surface area contributed by atoms with E-state index in [0.29, 0.717) is 5.56 Å². The van der Waals surface area contributed by atoms with Gasteiger partial charge in [0.15, 0.2) is 0 Å². The lowest BCUT2D eigenvalue weighted by Crippen LogP contribution is -2.46. The van der Waals surface area contributed by atoms with Crippen molar-refractivity contribution in [1.29, 1.82) is 0 Å². The SMILES string of the molecule is CN1CCCC(NS(=O)(=O)c2ccc(C#CCO)cc2)C1. The molecule has 2 N–H and O–H groups in total. The molecule has 1 saturated heterocycles. The normalized spacial score (nSPS) is 19.8. The lowest BCUT2D eigenvalue weighted by Gasteiger charge is -2.29. The first kappa shape index (κ1) is 16.0. The molecule has 0 aromatic heterocycles. The van der Waals surface area contributed by atoms with Gasteiger partial charge in [0.1, 0.15) is 6.61 Å². The summed E-state index contributed by atoms with van der Waals surface area (Å²) in [5, 5.41) is 8.63. The zero-order valence-electron chi connectivity index (χ0n) is 12.0. The maximum atomic E-state index is 12.3. The number of likely N-dealkylation sites (N-methyl/N-ethyl adjacent to an activating group) is 1. The fourth-order valence-corrected chi connectivity index (χ4v) is 3.67. The summed E-state index contributed by atoms with van der Waals surface area (Å²) >= 11 is 0. The summed E-state index contributed by atoms with van der Waals surface area (Å²) < 4.78 is 27.4. The largest absolute Gasteiger partial charge is 0.384 e. The van der Waals surface area contributed by atoms with Crippen LogP contribution in [0.1, 0.15) is 18.4 Å². The quantitative estimate of drug-likeness (QED) is 0.793. The van der Waals surface area contributed by atoms with E-state index in [1.54, 1.807) is 12.1 Å². The van der Waals surface area contributed by atoms with Gasteiger partial charge in [-0.25, -0.2) is 13.1 Å². The van der Waals surface area contributed by atoms with Crippen molar-refractivity contribution in [3.05, 3.63) is 29.8 Å². The molecule has 6 heteroatoms. The van der Waals surface area contributed by atoms with Crippen LogP contribution in [0.5, 0.6) is 0 Å². The maximum Gasteiger partial charge on any atom is 0.240 e. The minimum absolute atomic E-state index is 0.0393. The fourth-order valence-electron chi connectivity index (χ4n) is 2.41. The van der Waals surface area contributed by atoms with E-state index in [1.807, 2.05) is 7.05 Å². The molecule has 1 aliphatic heterocycles. The lowest BCUT2D eigenvalue weighted by molar-refractivity contribution is 0.242. The Hall–Kier alpha value is -1.39. The topological polar surface area (TPSA) is 69.6 Å². The summed E-state index contributed by atoms with van der Waals surface area (Å²) in [7, 11) is -1.50. The Labute approximate surface area is 126 Å². The fraction of sp³-hybridized carbons (Fsp3) is 0.467. The molecule has 0 radical (unpaired) electrons. The molecule has 21 heavy (non-hydrogen) atoms. The van der Waals surface area contributed by atoms with Crippen LogP contribution in [0.4, 0.5) is 0 Å². The number of benzene rings is 1. The third-order valence-corrected chi connectivity index (χ3v) is 4.96. The summed E-state index contributed by atoms with van der Waals surface area (Å²) in [6.07, 6.45) is 1.86. The minimum Gasteiger partial charge on any atom is -0.384 e. The van der Waals surface area contributed by atoms with Crippen LogP contribution in [0.15, 0.2) is 29.2 Å². The van der Waals surface area contributed by atoms with Gasteiger partial charge in [-0.15, -0.1) is 0 Å². The predicted octanol–water partition coefficient (Wildman–Crippen LogP) is 0.403. The third-order valence-electron chi connectivity index (χ3n) is 3.42. The summed E-state index contributed by atoms with van der Waals surface area (Å²) in [6.45, 7) is 1.53. The first-order chi connectivity index (χ1) is 10.0. The van der Waals surface area contributed by atoms with Crippen molar-refractivity contribution in [2.75, 3.05) is 26.7 Å². The molecule has 1 fully saturated rings. The molecule has 0 amide bonds. The van der Waals surface area contributed by atoms with E-state index in [-0.39, 0.29) is 17.5 Å². The standard InChI is InChI=1S/C15H20N2O3S/c1-17-10-2-5-14(12-17)16-21(19,20)15-8-6-13(7-9-15)4-3-11-18/h6-9,14,16,18H,2,5,10-12H2,1H3. The molecule has 1 aromatic rings. The Kier molecular flexibility index (Phi) is 5.37. The zero-order chi connectivity index (χ0) is 15.3. The molecule has 114 valence electrons. The van der Waals surface area contributed by atoms with Gasteiger partial charge in [-0.2, -0.15) is 0 Å². The average Bonchev–Trinajstić information content (AvgIpc) is 2.45. The molecule has 1 aromatic carbocycles. The second-order valence-electron chi connectivity index (χ2n) is 5.21. The zero-order valence-corrected chi connectivity index (χ0v) is 12.9. The van der Waals surface area contributed by atoms with Crippen LogP contribution < -0.4 is 4.72 Å². The maximum absolute atomic E-state index is 12.3. The van der Waals surface area contributed by atoms with Gasteiger partial charge in [0.25, 0.3) is 0 Å². The Morgan fingerprint density at radius 1 is 1.38 bits per heavy atom. The Balaban J connectivity index is 2.08. The second kappa shape index (κ2) is 7.05. The Morgan fingerprint density at radius 2 is 2.10 bits per heavy atom. The van der Waals surface area contributed by atoms with Crippen molar-refractivity contribution in [3.8, 4) is 11.8 Å². The monoisotopic (exact) mass is 308 g/mol. The highest BCUT2D eigenvalue weighted by Gasteiger charge is 2.23. The van der Waals surface area contributed by atoms with E-state index in [2.05, 4.69) is 21.5 Å². The first-order valence-corrected chi connectivity index (χ1v) is 8.40. The molecule has 0 bridgehead atoms. The smallest absolute Gasteiger partial charge is 0.240 e. The number of sulfonamides is 1. The average molecular weight is 308 g/mol. The van der Waals surface area contributed by atoms with Crippen LogP contribution in [-0.4, -0.2) is 51.2 Å². The highest BCUT2D eigenvalue weighted by molar-refractivity contribution is 7.89. The molecule has 1 heterocycles. The van der Waals surface area contributed by atoms with Crippen LogP contribution in [0.2, 0.25) is 0 Å². The van der Waals surface area contributed by atoms with Crippen LogP contribution >= 0.6 is 0 Å². The molecule has 1 unspecified atom stereocenters. The van der Waals surface area contributed by atoms with Gasteiger partial charge < -0.3 is 10.0 Å². The minimum atomic E-state index is -3.49. The molecule has 0 spiro atoms. The van der Waals surface area contributed by atoms with Crippen LogP contribution in [0.3, 0.4) is 0 Å². The van der Waals surface area contributed by atoms with Crippen molar-refractivity contribution in [3.63, 3.8) is 0 Å². The predicted molar refractivity (Wildman–Crippen MR) is 81.2 cm³/mol. The molecule has 2 rings (SSSR count). The van der Waals surface area contributed by atoms with E-state index < -0.39 is 10.0 Å². The van der Waals surface area contributed by atoms with Gasteiger partial charge in [0.2, 0.25) is 10.0 Å². The van der Waals surface area contributed by atoms with Crippen molar-refractivity contribution in [1.82, 2.24) is 9.62 Å². The van der Waals surface area contributed by atoms with E-state index >= 15 is 0 Å². The van der Waals surface area contributed by atoms with Gasteiger partial charge >= 0.3 is 0 Å². The lowest BCUT2D eigenvalue weighted by atomic mass is 10.1. The van der Waals surface area contributed by atoms with Crippen LogP contribution in [0.25, 0.3) is 0 Å². The Bertz CT molecular complexity index is 629. The van der Waals surface area contributed by atoms with Crippen molar-refractivity contribution in [2.24, 2.45) is 0 Å². The second-order valence-corrected chi connectivity index (χ2v) is 6.92. The van der Waals surface area contributed by atoms with E-state index in [0.717, 1.165) is 25.9 Å². The van der Waals surface area contributed by atoms with Gasteiger partial charge in [-0.1, -0.05) is 11.8 Å². The summed E-state index contributed by atoms with van der Waals surface area (Å²) in [4.78, 5) is 2.37. The van der Waals surface area contributed by atoms with E-state index in [4.69, 9.17) is 5.11 Å². The number of hydrogen-bond donors (Lipinski definition) is 2. The van der Waals surface area contributed by atoms with Crippen molar-refractivity contribution < 1.29 is 13.5 Å². The molecular formula is C15H20N2O3S. The van der Waals surface area contributed by atoms with Gasteiger partial charge in [-0.3, -0.25) is 0 Å². The highest BCUT2D eigenvalue weighted by atomic mass is 32.2. The number of likely N-dealkylation sites (tertiary alicyclic amines) is 1. The first-order valence-electron chi connectivity index (χ1n) is 6.92. The molecular weight excluding hydrogens is 288 g/mol. The van der Waals surface area contributed by atoms with Gasteiger partial charge in [0.05, 0.1) is 4.90 Å². The number of nitrogens with zero attached hydrogens (tertiary/aromatic N) is 1. The number of piperidine rings is 1. The molecule has 0 saturated carbocycles. The van der Waals surface area contributed by atoms with Gasteiger partial charge in [-0.05, 0) is 50.7 Å². The number of rotatable bonds is 3. The van der Waals surface area contributed by atoms with Gasteiger partial charge in [0, 0.05) is 18.2 Å². The van der Waals surface area contributed by atoms with Crippen LogP contribution in [0, 0.1) is 11.8 Å². The molecule has 5 nitrogen and oxygen atoms in total. The van der Waals surface area contributed by atoms with Crippen molar-refractivity contribution >= 4 is 10.0 Å². The summed E-state index contributed by atoms with van der Waals surface area (Å²) in [5.74, 6) is 5.27. The van der Waals surface area contributed by atoms with Crippen LogP contribution in [-0.2, 0) is 10.0 Å². The highest BCUT2D eigenvalue weighted by Crippen LogP contribution is 2.14.